The van der Waals surface area contributed by atoms with Crippen LogP contribution in [0, 0.1) is 19.8 Å². The normalized spacial score (nSPS) is 11.1. The predicted octanol–water partition coefficient (Wildman–Crippen LogP) is 4.74. The molecule has 0 fully saturated rings. The first-order valence-corrected chi connectivity index (χ1v) is 8.71. The minimum atomic E-state index is 0.183. The molecule has 1 heterocycles. The van der Waals surface area contributed by atoms with Crippen LogP contribution in [0.2, 0.25) is 0 Å². The number of carbonyl (C=O) groups is 1. The van der Waals surface area contributed by atoms with Gasteiger partial charge in [-0.05, 0) is 31.7 Å². The van der Waals surface area contributed by atoms with Gasteiger partial charge >= 0.3 is 0 Å². The van der Waals surface area contributed by atoms with Crippen molar-refractivity contribution in [3.05, 3.63) is 41.1 Å². The topological polar surface area (TPSA) is 46.3 Å². The Labute approximate surface area is 144 Å². The highest BCUT2D eigenvalue weighted by molar-refractivity contribution is 5.76. The molecule has 0 aliphatic rings. The maximum absolute atomic E-state index is 12.4. The molecule has 0 bridgehead atoms. The molecule has 130 valence electrons. The Hall–Kier alpha value is -2.10. The van der Waals surface area contributed by atoms with Crippen LogP contribution >= 0.6 is 0 Å². The Morgan fingerprint density at radius 2 is 2.00 bits per heavy atom. The number of amides is 1. The molecule has 24 heavy (non-hydrogen) atoms. The van der Waals surface area contributed by atoms with Crippen LogP contribution in [0.25, 0.3) is 11.3 Å². The molecule has 4 heteroatoms. The zero-order valence-electron chi connectivity index (χ0n) is 15.4. The predicted molar refractivity (Wildman–Crippen MR) is 96.6 cm³/mol. The van der Waals surface area contributed by atoms with E-state index in [2.05, 4.69) is 58.0 Å². The molecule has 0 aliphatic carbocycles. The second-order valence-corrected chi connectivity index (χ2v) is 6.91. The van der Waals surface area contributed by atoms with Crippen molar-refractivity contribution < 1.29 is 9.32 Å². The number of benzene rings is 1. The minimum Gasteiger partial charge on any atom is -0.356 e. The van der Waals surface area contributed by atoms with Crippen LogP contribution in [0.4, 0.5) is 0 Å². The molecule has 0 saturated heterocycles. The Morgan fingerprint density at radius 1 is 1.25 bits per heavy atom. The number of aryl methyl sites for hydroxylation is 2. The van der Waals surface area contributed by atoms with Gasteiger partial charge in [-0.3, -0.25) is 4.79 Å². The summed E-state index contributed by atoms with van der Waals surface area (Å²) in [5.41, 5.74) is 4.24. The van der Waals surface area contributed by atoms with Crippen molar-refractivity contribution in [1.82, 2.24) is 10.1 Å². The first-order chi connectivity index (χ1) is 11.4. The van der Waals surface area contributed by atoms with Crippen molar-refractivity contribution in [2.24, 2.45) is 5.92 Å². The number of carbonyl (C=O) groups excluding carboxylic acids is 1. The molecule has 0 unspecified atom stereocenters. The van der Waals surface area contributed by atoms with Crippen molar-refractivity contribution in [1.29, 1.82) is 0 Å². The highest BCUT2D eigenvalue weighted by Gasteiger charge is 2.17. The quantitative estimate of drug-likeness (QED) is 0.737. The fourth-order valence-electron chi connectivity index (χ4n) is 2.84. The molecule has 0 radical (unpaired) electrons. The van der Waals surface area contributed by atoms with Gasteiger partial charge in [-0.1, -0.05) is 49.7 Å². The lowest BCUT2D eigenvalue weighted by atomic mass is 10.0. The fourth-order valence-corrected chi connectivity index (χ4v) is 2.84. The van der Waals surface area contributed by atoms with E-state index in [0.29, 0.717) is 18.9 Å². The first kappa shape index (κ1) is 18.2. The Morgan fingerprint density at radius 3 is 2.62 bits per heavy atom. The Bertz CT molecular complexity index is 689. The van der Waals surface area contributed by atoms with Gasteiger partial charge in [0.25, 0.3) is 0 Å². The van der Waals surface area contributed by atoms with Gasteiger partial charge in [0, 0.05) is 24.6 Å². The lowest BCUT2D eigenvalue weighted by Crippen LogP contribution is -2.32. The number of nitrogens with zero attached hydrogens (tertiary/aromatic N) is 2. The summed E-state index contributed by atoms with van der Waals surface area (Å²) < 4.78 is 5.52. The average molecular weight is 328 g/mol. The van der Waals surface area contributed by atoms with E-state index >= 15 is 0 Å². The van der Waals surface area contributed by atoms with E-state index in [1.54, 1.807) is 0 Å². The molecule has 0 spiro atoms. The standard InChI is InChI=1S/C20H28N2O2/c1-6-9-22(20(23)10-14(2)3)13-17-12-19(24-21-17)18-8-7-15(4)11-16(18)5/h7-8,11-12,14H,6,9-10,13H2,1-5H3. The molecule has 1 aromatic heterocycles. The van der Waals surface area contributed by atoms with Gasteiger partial charge in [0.15, 0.2) is 5.76 Å². The van der Waals surface area contributed by atoms with Gasteiger partial charge < -0.3 is 9.42 Å². The third-order valence-corrected chi connectivity index (χ3v) is 3.99. The average Bonchev–Trinajstić information content (AvgIpc) is 2.94. The largest absolute Gasteiger partial charge is 0.356 e. The van der Waals surface area contributed by atoms with Gasteiger partial charge in [-0.15, -0.1) is 0 Å². The van der Waals surface area contributed by atoms with Crippen LogP contribution in [-0.2, 0) is 11.3 Å². The highest BCUT2D eigenvalue weighted by atomic mass is 16.5. The van der Waals surface area contributed by atoms with Crippen LogP contribution in [0.15, 0.2) is 28.8 Å². The third kappa shape index (κ3) is 4.70. The summed E-state index contributed by atoms with van der Waals surface area (Å²) in [7, 11) is 0. The summed E-state index contributed by atoms with van der Waals surface area (Å²) in [4.78, 5) is 14.3. The highest BCUT2D eigenvalue weighted by Crippen LogP contribution is 2.25. The third-order valence-electron chi connectivity index (χ3n) is 3.99. The van der Waals surface area contributed by atoms with E-state index < -0.39 is 0 Å². The molecular weight excluding hydrogens is 300 g/mol. The zero-order valence-corrected chi connectivity index (χ0v) is 15.4. The smallest absolute Gasteiger partial charge is 0.223 e. The summed E-state index contributed by atoms with van der Waals surface area (Å²) in [5, 5.41) is 4.17. The molecule has 0 atom stereocenters. The summed E-state index contributed by atoms with van der Waals surface area (Å²) in [6.45, 7) is 11.6. The second kappa shape index (κ2) is 8.13. The molecule has 0 N–H and O–H groups in total. The van der Waals surface area contributed by atoms with E-state index in [1.807, 2.05) is 11.0 Å². The monoisotopic (exact) mass is 328 g/mol. The molecular formula is C20H28N2O2. The van der Waals surface area contributed by atoms with Crippen molar-refractivity contribution in [2.75, 3.05) is 6.54 Å². The molecule has 2 aromatic rings. The number of hydrogen-bond donors (Lipinski definition) is 0. The second-order valence-electron chi connectivity index (χ2n) is 6.91. The van der Waals surface area contributed by atoms with Crippen molar-refractivity contribution >= 4 is 5.91 Å². The lowest BCUT2D eigenvalue weighted by molar-refractivity contribution is -0.132. The molecule has 0 aliphatic heterocycles. The van der Waals surface area contributed by atoms with Crippen LogP contribution in [0.3, 0.4) is 0 Å². The number of rotatable bonds is 7. The first-order valence-electron chi connectivity index (χ1n) is 8.71. The molecule has 2 rings (SSSR count). The van der Waals surface area contributed by atoms with Gasteiger partial charge in [-0.25, -0.2) is 0 Å². The van der Waals surface area contributed by atoms with Crippen molar-refractivity contribution in [3.63, 3.8) is 0 Å². The molecule has 1 aromatic carbocycles. The van der Waals surface area contributed by atoms with Crippen LogP contribution in [0.5, 0.6) is 0 Å². The van der Waals surface area contributed by atoms with Crippen LogP contribution in [0.1, 0.15) is 50.4 Å². The summed E-state index contributed by atoms with van der Waals surface area (Å²) >= 11 is 0. The Kier molecular flexibility index (Phi) is 6.18. The lowest BCUT2D eigenvalue weighted by Gasteiger charge is -2.21. The molecule has 1 amide bonds. The number of hydrogen-bond acceptors (Lipinski definition) is 3. The summed E-state index contributed by atoms with van der Waals surface area (Å²) in [5.74, 6) is 1.30. The van der Waals surface area contributed by atoms with E-state index in [0.717, 1.165) is 30.0 Å². The summed E-state index contributed by atoms with van der Waals surface area (Å²) in [6.07, 6.45) is 1.51. The maximum atomic E-state index is 12.4. The van der Waals surface area contributed by atoms with Gasteiger partial charge in [0.05, 0.1) is 6.54 Å². The zero-order chi connectivity index (χ0) is 17.7. The SMILES string of the molecule is CCCN(Cc1cc(-c2ccc(C)cc2C)on1)C(=O)CC(C)C. The van der Waals surface area contributed by atoms with Gasteiger partial charge in [0.2, 0.25) is 5.91 Å². The van der Waals surface area contributed by atoms with Crippen LogP contribution < -0.4 is 0 Å². The number of aromatic nitrogens is 1. The summed E-state index contributed by atoms with van der Waals surface area (Å²) in [6, 6.07) is 8.21. The van der Waals surface area contributed by atoms with Crippen LogP contribution in [-0.4, -0.2) is 22.5 Å². The van der Waals surface area contributed by atoms with Gasteiger partial charge in [0.1, 0.15) is 5.69 Å². The van der Waals surface area contributed by atoms with Crippen molar-refractivity contribution in [2.45, 2.75) is 54.0 Å². The van der Waals surface area contributed by atoms with Crippen molar-refractivity contribution in [3.8, 4) is 11.3 Å². The fraction of sp³-hybridized carbons (Fsp3) is 0.500. The van der Waals surface area contributed by atoms with Gasteiger partial charge in [-0.2, -0.15) is 0 Å². The van der Waals surface area contributed by atoms with E-state index in [-0.39, 0.29) is 5.91 Å². The van der Waals surface area contributed by atoms with E-state index in [4.69, 9.17) is 4.52 Å². The molecule has 4 nitrogen and oxygen atoms in total. The van der Waals surface area contributed by atoms with E-state index in [1.165, 1.54) is 11.1 Å². The molecule has 0 saturated carbocycles. The Balaban J connectivity index is 2.15. The minimum absolute atomic E-state index is 0.183. The van der Waals surface area contributed by atoms with E-state index in [9.17, 15) is 4.79 Å². The maximum Gasteiger partial charge on any atom is 0.223 e.